The molecule has 0 saturated carbocycles. The molecule has 11 aromatic rings. The number of fused-ring (bicyclic) bond motifs is 5. The highest BCUT2D eigenvalue weighted by Gasteiger charge is 2.22. The van der Waals surface area contributed by atoms with E-state index in [1.54, 1.807) is 0 Å². The SMILES string of the molecule is c1ccc(-c2c3ccccc3c(-c3ccc4oc5cccc6ccc3c4c65)c3ccccc23)c(-c2ccc3c(c2)oc2ccccc23)c1. The first-order valence-electron chi connectivity index (χ1n) is 16.4. The molecule has 2 nitrogen and oxygen atoms in total. The number of para-hydroxylation sites is 1. The lowest BCUT2D eigenvalue weighted by atomic mass is 9.82. The highest BCUT2D eigenvalue weighted by Crippen LogP contribution is 2.49. The maximum atomic E-state index is 6.35. The Balaban J connectivity index is 1.21. The standard InChI is InChI=1S/C46H26O2/c1-2-13-32(29(11-1)28-21-22-31-30-12-7-8-18-39(30)47-42(31)26-28)44-33-14-3-5-16-35(33)45(36-17-6-4-15-34(36)44)37-24-25-41-46-38(37)23-20-27-10-9-19-40(48-41)43(27)46/h1-26H. The molecule has 0 aliphatic heterocycles. The molecule has 48 heavy (non-hydrogen) atoms. The van der Waals surface area contributed by atoms with Crippen molar-refractivity contribution in [2.75, 3.05) is 0 Å². The summed E-state index contributed by atoms with van der Waals surface area (Å²) in [4.78, 5) is 0. The molecule has 0 aliphatic carbocycles. The van der Waals surface area contributed by atoms with Crippen LogP contribution in [0.2, 0.25) is 0 Å². The molecule has 0 amide bonds. The average molecular weight is 611 g/mol. The van der Waals surface area contributed by atoms with E-state index in [0.29, 0.717) is 0 Å². The Bertz CT molecular complexity index is 3010. The van der Waals surface area contributed by atoms with Gasteiger partial charge in [0.1, 0.15) is 22.3 Å². The number of rotatable bonds is 3. The van der Waals surface area contributed by atoms with E-state index in [2.05, 4.69) is 146 Å². The van der Waals surface area contributed by atoms with Crippen molar-refractivity contribution in [3.05, 3.63) is 158 Å². The maximum Gasteiger partial charge on any atom is 0.136 e. The third kappa shape index (κ3) is 3.46. The van der Waals surface area contributed by atoms with Gasteiger partial charge in [-0.1, -0.05) is 121 Å². The van der Waals surface area contributed by atoms with Crippen molar-refractivity contribution in [1.82, 2.24) is 0 Å². The number of benzene rings is 9. The highest BCUT2D eigenvalue weighted by molar-refractivity contribution is 6.29. The molecule has 0 N–H and O–H groups in total. The van der Waals surface area contributed by atoms with Crippen molar-refractivity contribution in [2.24, 2.45) is 0 Å². The van der Waals surface area contributed by atoms with Crippen molar-refractivity contribution in [2.45, 2.75) is 0 Å². The van der Waals surface area contributed by atoms with Gasteiger partial charge in [-0.05, 0) is 102 Å². The zero-order chi connectivity index (χ0) is 31.3. The molecule has 0 aliphatic rings. The minimum atomic E-state index is 0.904. The molecule has 2 heterocycles. The van der Waals surface area contributed by atoms with Gasteiger partial charge in [0.25, 0.3) is 0 Å². The van der Waals surface area contributed by atoms with Gasteiger partial charge in [0, 0.05) is 21.5 Å². The van der Waals surface area contributed by atoms with Crippen molar-refractivity contribution in [3.63, 3.8) is 0 Å². The maximum absolute atomic E-state index is 6.35. The third-order valence-corrected chi connectivity index (χ3v) is 10.3. The summed E-state index contributed by atoms with van der Waals surface area (Å²) in [5.74, 6) is 0. The van der Waals surface area contributed by atoms with E-state index in [1.807, 2.05) is 12.1 Å². The van der Waals surface area contributed by atoms with Crippen molar-refractivity contribution in [3.8, 4) is 33.4 Å². The molecule has 11 rings (SSSR count). The lowest BCUT2D eigenvalue weighted by Crippen LogP contribution is -1.93. The van der Waals surface area contributed by atoms with Crippen LogP contribution in [0, 0.1) is 0 Å². The quantitative estimate of drug-likeness (QED) is 0.147. The molecule has 0 unspecified atom stereocenters. The molecular weight excluding hydrogens is 585 g/mol. The van der Waals surface area contributed by atoms with Crippen LogP contribution in [0.3, 0.4) is 0 Å². The van der Waals surface area contributed by atoms with Gasteiger partial charge in [-0.2, -0.15) is 0 Å². The molecule has 0 bridgehead atoms. The summed E-state index contributed by atoms with van der Waals surface area (Å²) in [5, 5.41) is 12.0. The Morgan fingerprint density at radius 2 is 0.854 bits per heavy atom. The molecular formula is C46H26O2. The van der Waals surface area contributed by atoms with E-state index in [9.17, 15) is 0 Å². The van der Waals surface area contributed by atoms with Gasteiger partial charge in [0.05, 0.1) is 0 Å². The van der Waals surface area contributed by atoms with E-state index < -0.39 is 0 Å². The fourth-order valence-corrected chi connectivity index (χ4v) is 8.22. The van der Waals surface area contributed by atoms with Gasteiger partial charge >= 0.3 is 0 Å². The second-order valence-corrected chi connectivity index (χ2v) is 12.8. The first-order valence-corrected chi connectivity index (χ1v) is 16.4. The van der Waals surface area contributed by atoms with E-state index in [-0.39, 0.29) is 0 Å². The molecule has 0 saturated heterocycles. The molecule has 2 aromatic heterocycles. The second kappa shape index (κ2) is 9.57. The molecule has 222 valence electrons. The summed E-state index contributed by atoms with van der Waals surface area (Å²) in [6.45, 7) is 0. The molecule has 0 radical (unpaired) electrons. The van der Waals surface area contributed by atoms with Crippen LogP contribution in [0.15, 0.2) is 167 Å². The van der Waals surface area contributed by atoms with Crippen molar-refractivity contribution >= 4 is 76.2 Å². The Morgan fingerprint density at radius 1 is 0.292 bits per heavy atom. The zero-order valence-electron chi connectivity index (χ0n) is 25.8. The predicted molar refractivity (Wildman–Crippen MR) is 201 cm³/mol. The summed E-state index contributed by atoms with van der Waals surface area (Å²) in [6, 6.07) is 56.7. The van der Waals surface area contributed by atoms with E-state index in [4.69, 9.17) is 8.83 Å². The summed E-state index contributed by atoms with van der Waals surface area (Å²) in [6.07, 6.45) is 0. The Kier molecular flexibility index (Phi) is 5.14. The molecule has 0 fully saturated rings. The summed E-state index contributed by atoms with van der Waals surface area (Å²) < 4.78 is 12.7. The average Bonchev–Trinajstić information content (AvgIpc) is 3.72. The predicted octanol–water partition coefficient (Wildman–Crippen LogP) is 13.4. The van der Waals surface area contributed by atoms with Gasteiger partial charge in [-0.25, -0.2) is 0 Å². The van der Waals surface area contributed by atoms with Crippen LogP contribution >= 0.6 is 0 Å². The van der Waals surface area contributed by atoms with Gasteiger partial charge in [0.15, 0.2) is 0 Å². The Morgan fingerprint density at radius 3 is 1.62 bits per heavy atom. The summed E-state index contributed by atoms with van der Waals surface area (Å²) in [5.41, 5.74) is 10.9. The molecule has 0 atom stereocenters. The molecule has 2 heteroatoms. The third-order valence-electron chi connectivity index (χ3n) is 10.3. The van der Waals surface area contributed by atoms with Gasteiger partial charge in [-0.15, -0.1) is 0 Å². The van der Waals surface area contributed by atoms with Crippen LogP contribution in [0.4, 0.5) is 0 Å². The Labute approximate surface area is 275 Å². The van der Waals surface area contributed by atoms with Gasteiger partial charge in [0.2, 0.25) is 0 Å². The second-order valence-electron chi connectivity index (χ2n) is 12.8. The summed E-state index contributed by atoms with van der Waals surface area (Å²) >= 11 is 0. The van der Waals surface area contributed by atoms with Gasteiger partial charge in [-0.3, -0.25) is 0 Å². The lowest BCUT2D eigenvalue weighted by molar-refractivity contribution is 0.669. The molecule has 0 spiro atoms. The van der Waals surface area contributed by atoms with Crippen LogP contribution in [0.25, 0.3) is 110 Å². The number of hydrogen-bond donors (Lipinski definition) is 0. The number of furan rings is 2. The van der Waals surface area contributed by atoms with Crippen LogP contribution < -0.4 is 0 Å². The first kappa shape index (κ1) is 25.8. The fraction of sp³-hybridized carbons (Fsp3) is 0. The van der Waals surface area contributed by atoms with E-state index in [1.165, 1.54) is 70.9 Å². The fourth-order valence-electron chi connectivity index (χ4n) is 8.22. The van der Waals surface area contributed by atoms with Crippen molar-refractivity contribution in [1.29, 1.82) is 0 Å². The first-order chi connectivity index (χ1) is 23.8. The van der Waals surface area contributed by atoms with Crippen LogP contribution in [-0.2, 0) is 0 Å². The topological polar surface area (TPSA) is 26.3 Å². The Hall–Kier alpha value is -6.38. The minimum Gasteiger partial charge on any atom is -0.456 e. The normalized spacial score (nSPS) is 12.2. The van der Waals surface area contributed by atoms with E-state index >= 15 is 0 Å². The van der Waals surface area contributed by atoms with Crippen LogP contribution in [-0.4, -0.2) is 0 Å². The highest BCUT2D eigenvalue weighted by atomic mass is 16.3. The van der Waals surface area contributed by atoms with Gasteiger partial charge < -0.3 is 8.83 Å². The lowest BCUT2D eigenvalue weighted by Gasteiger charge is -2.20. The minimum absolute atomic E-state index is 0.904. The molecule has 9 aromatic carbocycles. The zero-order valence-corrected chi connectivity index (χ0v) is 25.8. The number of hydrogen-bond acceptors (Lipinski definition) is 2. The monoisotopic (exact) mass is 610 g/mol. The van der Waals surface area contributed by atoms with Crippen LogP contribution in [0.1, 0.15) is 0 Å². The van der Waals surface area contributed by atoms with E-state index in [0.717, 1.165) is 38.7 Å². The van der Waals surface area contributed by atoms with Crippen LogP contribution in [0.5, 0.6) is 0 Å². The smallest absolute Gasteiger partial charge is 0.136 e. The summed E-state index contributed by atoms with van der Waals surface area (Å²) in [7, 11) is 0. The largest absolute Gasteiger partial charge is 0.456 e. The van der Waals surface area contributed by atoms with Crippen molar-refractivity contribution < 1.29 is 8.83 Å².